The molecule has 2 N–H and O–H groups in total. The lowest BCUT2D eigenvalue weighted by atomic mass is 9.55. The maximum Gasteiger partial charge on any atom is 0.361 e. The third-order valence-electron chi connectivity index (χ3n) is 2.78. The summed E-state index contributed by atoms with van der Waals surface area (Å²) in [6.07, 6.45) is 0. The molecular weight excluding hydrogens is 351 g/mol. The molecule has 0 saturated carbocycles. The van der Waals surface area contributed by atoms with E-state index in [1.165, 1.54) is 0 Å². The van der Waals surface area contributed by atoms with Crippen LogP contribution in [0.25, 0.3) is 0 Å². The minimum atomic E-state index is -0.388. The Morgan fingerprint density at radius 2 is 1.14 bits per heavy atom. The van der Waals surface area contributed by atoms with Gasteiger partial charge in [-0.25, -0.2) is 0 Å². The summed E-state index contributed by atoms with van der Waals surface area (Å²) < 4.78 is 5.82. The fraction of sp³-hybridized carbons (Fsp3) is 0.143. The molecule has 0 fully saturated rings. The summed E-state index contributed by atoms with van der Waals surface area (Å²) >= 11 is 24.2. The Kier molecular flexibility index (Phi) is 6.24. The van der Waals surface area contributed by atoms with Gasteiger partial charge >= 0.3 is 6.92 Å². The maximum atomic E-state index is 6.06. The maximum absolute atomic E-state index is 6.06. The van der Waals surface area contributed by atoms with Crippen molar-refractivity contribution < 1.29 is 4.65 Å². The van der Waals surface area contributed by atoms with Crippen LogP contribution in [0.1, 0.15) is 0 Å². The highest BCUT2D eigenvalue weighted by molar-refractivity contribution is 6.80. The molecule has 2 nitrogen and oxygen atoms in total. The average molecular weight is 363 g/mol. The molecule has 0 aromatic heterocycles. The van der Waals surface area contributed by atoms with Crippen molar-refractivity contribution >= 4 is 64.2 Å². The van der Waals surface area contributed by atoms with Crippen LogP contribution in [0, 0.1) is 0 Å². The minimum Gasteiger partial charge on any atom is -0.426 e. The molecule has 0 aliphatic heterocycles. The van der Waals surface area contributed by atoms with Crippen molar-refractivity contribution in [2.45, 2.75) is 0 Å². The van der Waals surface area contributed by atoms with Crippen molar-refractivity contribution in [2.24, 2.45) is 5.73 Å². The fourth-order valence-corrected chi connectivity index (χ4v) is 3.11. The van der Waals surface area contributed by atoms with Gasteiger partial charge in [-0.15, -0.1) is 0 Å². The van der Waals surface area contributed by atoms with Gasteiger partial charge in [0.2, 0.25) is 0 Å². The van der Waals surface area contributed by atoms with E-state index in [1.807, 2.05) is 0 Å². The highest BCUT2D eigenvalue weighted by Crippen LogP contribution is 2.17. The lowest BCUT2D eigenvalue weighted by Gasteiger charge is -2.16. The first-order valence-corrected chi connectivity index (χ1v) is 7.74. The van der Waals surface area contributed by atoms with Gasteiger partial charge < -0.3 is 10.4 Å². The molecule has 2 rings (SSSR count). The van der Waals surface area contributed by atoms with Gasteiger partial charge in [0.1, 0.15) is 0 Å². The Hall–Kier alpha value is -0.415. The molecule has 2 aromatic rings. The van der Waals surface area contributed by atoms with Gasteiger partial charge in [0.05, 0.1) is 0 Å². The van der Waals surface area contributed by atoms with Crippen molar-refractivity contribution in [3.63, 3.8) is 0 Å². The predicted octanol–water partition coefficient (Wildman–Crippen LogP) is 3.38. The first-order chi connectivity index (χ1) is 9.99. The van der Waals surface area contributed by atoms with E-state index in [1.54, 1.807) is 36.4 Å². The number of nitrogens with two attached hydrogens (primary N) is 1. The van der Waals surface area contributed by atoms with E-state index < -0.39 is 0 Å². The normalized spacial score (nSPS) is 10.7. The first-order valence-electron chi connectivity index (χ1n) is 6.23. The molecule has 0 amide bonds. The fourth-order valence-electron chi connectivity index (χ4n) is 2.02. The van der Waals surface area contributed by atoms with Gasteiger partial charge in [0.15, 0.2) is 0 Å². The molecule has 21 heavy (non-hydrogen) atoms. The second-order valence-electron chi connectivity index (χ2n) is 4.45. The van der Waals surface area contributed by atoms with Gasteiger partial charge in [0, 0.05) is 33.2 Å². The van der Waals surface area contributed by atoms with Crippen molar-refractivity contribution in [2.75, 3.05) is 13.2 Å². The molecule has 0 spiro atoms. The molecule has 7 heteroatoms. The predicted molar refractivity (Wildman–Crippen MR) is 93.0 cm³/mol. The monoisotopic (exact) mass is 361 g/mol. The van der Waals surface area contributed by atoms with Crippen LogP contribution in [0.4, 0.5) is 0 Å². The largest absolute Gasteiger partial charge is 0.426 e. The number of rotatable bonds is 5. The molecule has 0 radical (unpaired) electrons. The van der Waals surface area contributed by atoms with Crippen LogP contribution in [-0.2, 0) is 4.65 Å². The third kappa shape index (κ3) is 4.78. The average Bonchev–Trinajstić information content (AvgIpc) is 2.37. The molecule has 0 saturated heterocycles. The van der Waals surface area contributed by atoms with E-state index in [4.69, 9.17) is 56.8 Å². The van der Waals surface area contributed by atoms with E-state index in [0.29, 0.717) is 33.2 Å². The van der Waals surface area contributed by atoms with E-state index in [2.05, 4.69) is 0 Å². The second kappa shape index (κ2) is 7.73. The van der Waals surface area contributed by atoms with Crippen LogP contribution < -0.4 is 16.7 Å². The van der Waals surface area contributed by atoms with E-state index >= 15 is 0 Å². The van der Waals surface area contributed by atoms with Crippen molar-refractivity contribution in [1.29, 1.82) is 0 Å². The van der Waals surface area contributed by atoms with Gasteiger partial charge in [-0.2, -0.15) is 0 Å². The lowest BCUT2D eigenvalue weighted by molar-refractivity contribution is 0.344. The molecule has 0 heterocycles. The number of benzene rings is 2. The Balaban J connectivity index is 2.46. The SMILES string of the molecule is NCCOB(c1cc(Cl)cc(Cl)c1)c1cc(Cl)cc(Cl)c1. The number of halogens is 4. The Morgan fingerprint density at radius 3 is 1.48 bits per heavy atom. The van der Waals surface area contributed by atoms with Crippen molar-refractivity contribution in [3.8, 4) is 0 Å². The molecule has 2 aromatic carbocycles. The summed E-state index contributed by atoms with van der Waals surface area (Å²) in [6, 6.07) is 10.5. The van der Waals surface area contributed by atoms with Crippen molar-refractivity contribution in [3.05, 3.63) is 56.5 Å². The van der Waals surface area contributed by atoms with Crippen molar-refractivity contribution in [1.82, 2.24) is 0 Å². The van der Waals surface area contributed by atoms with Crippen LogP contribution in [0.5, 0.6) is 0 Å². The zero-order valence-corrected chi connectivity index (χ0v) is 14.0. The Bertz CT molecular complexity index is 546. The highest BCUT2D eigenvalue weighted by Gasteiger charge is 2.23. The minimum absolute atomic E-state index is 0.388. The molecule has 0 aliphatic carbocycles. The van der Waals surface area contributed by atoms with Crippen LogP contribution >= 0.6 is 46.4 Å². The zero-order valence-electron chi connectivity index (χ0n) is 11.0. The van der Waals surface area contributed by atoms with Crippen LogP contribution in [0.3, 0.4) is 0 Å². The quantitative estimate of drug-likeness (QED) is 0.827. The van der Waals surface area contributed by atoms with Gasteiger partial charge in [-0.1, -0.05) is 46.4 Å². The van der Waals surface area contributed by atoms with Crippen LogP contribution in [0.2, 0.25) is 20.1 Å². The second-order valence-corrected chi connectivity index (χ2v) is 6.19. The highest BCUT2D eigenvalue weighted by atomic mass is 35.5. The number of hydrogen-bond donors (Lipinski definition) is 1. The zero-order chi connectivity index (χ0) is 15.4. The van der Waals surface area contributed by atoms with E-state index in [-0.39, 0.29) is 6.92 Å². The topological polar surface area (TPSA) is 35.2 Å². The van der Waals surface area contributed by atoms with E-state index in [9.17, 15) is 0 Å². The van der Waals surface area contributed by atoms with Crippen LogP contribution in [-0.4, -0.2) is 20.1 Å². The summed E-state index contributed by atoms with van der Waals surface area (Å²) in [6.45, 7) is 0.402. The molecule has 0 bridgehead atoms. The Labute approximate surface area is 144 Å². The van der Waals surface area contributed by atoms with Crippen LogP contribution in [0.15, 0.2) is 36.4 Å². The number of hydrogen-bond acceptors (Lipinski definition) is 2. The summed E-state index contributed by atoms with van der Waals surface area (Å²) in [5.74, 6) is 0. The standard InChI is InChI=1S/C14H12BCl4NO/c16-11-3-9(4-12(17)7-11)15(21-2-1-20)10-5-13(18)8-14(19)6-10/h3-8H,1-2,20H2. The summed E-state index contributed by atoms with van der Waals surface area (Å²) in [7, 11) is 0. The molecule has 110 valence electrons. The van der Waals surface area contributed by atoms with Gasteiger partial charge in [-0.05, 0) is 47.3 Å². The third-order valence-corrected chi connectivity index (χ3v) is 3.65. The summed E-state index contributed by atoms with van der Waals surface area (Å²) in [5, 5.41) is 2.14. The molecule has 0 unspecified atom stereocenters. The molecule has 0 atom stereocenters. The first kappa shape index (κ1) is 16.9. The Morgan fingerprint density at radius 1 is 0.762 bits per heavy atom. The van der Waals surface area contributed by atoms with Gasteiger partial charge in [-0.3, -0.25) is 0 Å². The summed E-state index contributed by atoms with van der Waals surface area (Å²) in [5.41, 5.74) is 7.16. The lowest BCUT2D eigenvalue weighted by Crippen LogP contribution is -2.46. The summed E-state index contributed by atoms with van der Waals surface area (Å²) in [4.78, 5) is 0. The molecule has 0 aliphatic rings. The smallest absolute Gasteiger partial charge is 0.361 e. The van der Waals surface area contributed by atoms with E-state index in [0.717, 1.165) is 10.9 Å². The molecular formula is C14H12BCl4NO. The van der Waals surface area contributed by atoms with Gasteiger partial charge in [0.25, 0.3) is 0 Å².